The van der Waals surface area contributed by atoms with Gasteiger partial charge in [0.05, 0.1) is 70.9 Å². The van der Waals surface area contributed by atoms with E-state index in [1.54, 1.807) is 0 Å². The molecule has 2 aliphatic rings. The number of aromatic nitrogens is 6. The first-order chi connectivity index (χ1) is 74.1. The van der Waals surface area contributed by atoms with Gasteiger partial charge in [0.1, 0.15) is 0 Å². The fourth-order valence-electron chi connectivity index (χ4n) is 25.5. The van der Waals surface area contributed by atoms with E-state index in [2.05, 4.69) is 576 Å². The largest absolute Gasteiger partial charge is 0.309 e. The van der Waals surface area contributed by atoms with Gasteiger partial charge in [0.25, 0.3) is 0 Å². The van der Waals surface area contributed by atoms with Gasteiger partial charge in [0, 0.05) is 125 Å². The molecule has 0 saturated carbocycles. The van der Waals surface area contributed by atoms with E-state index >= 15 is 0 Å². The van der Waals surface area contributed by atoms with Crippen molar-refractivity contribution < 1.29 is 0 Å². The molecule has 2 aliphatic carbocycles. The molecule has 7 heterocycles. The number of nitrogens with zero attached hydrogens (tertiary/aromatic N) is 6. The van der Waals surface area contributed by atoms with Gasteiger partial charge in [0.15, 0.2) is 0 Å². The maximum absolute atomic E-state index is 2.49. The first-order valence-corrected chi connectivity index (χ1v) is 52.8. The Kier molecular flexibility index (Phi) is 19.7. The Bertz CT molecular complexity index is 10700. The molecule has 7 heteroatoms. The van der Waals surface area contributed by atoms with Crippen molar-refractivity contribution in [2.45, 2.75) is 31.6 Å². The van der Waals surface area contributed by atoms with Crippen molar-refractivity contribution in [2.75, 3.05) is 0 Å². The molecule has 0 saturated heterocycles. The van der Waals surface area contributed by atoms with Crippen LogP contribution in [0, 0.1) is 0 Å². The fourth-order valence-corrected chi connectivity index (χ4v) is 26.8. The summed E-state index contributed by atoms with van der Waals surface area (Å²) < 4.78 is 17.3. The summed E-state index contributed by atoms with van der Waals surface area (Å²) in [6.45, 7) is 7.14. The van der Waals surface area contributed by atoms with E-state index in [-0.39, 0.29) is 10.8 Å². The van der Waals surface area contributed by atoms with Gasteiger partial charge in [-0.1, -0.05) is 360 Å². The molecule has 0 aliphatic heterocycles. The third-order valence-electron chi connectivity index (χ3n) is 32.6. The van der Waals surface area contributed by atoms with Crippen molar-refractivity contribution in [1.82, 2.24) is 27.4 Å². The summed E-state index contributed by atoms with van der Waals surface area (Å²) in [5.41, 5.74) is 43.2. The Hall–Kier alpha value is -18.9. The van der Waals surface area contributed by atoms with E-state index < -0.39 is 0 Å². The molecule has 32 rings (SSSR count). The number of hydrogen-bond acceptors (Lipinski definition) is 1. The fraction of sp³-hybridized carbons (Fsp3) is 0.0350. The molecule has 30 aromatic rings. The maximum atomic E-state index is 2.49. The van der Waals surface area contributed by atoms with Gasteiger partial charge < -0.3 is 27.4 Å². The molecule has 7 aromatic heterocycles. The van der Waals surface area contributed by atoms with Gasteiger partial charge in [-0.05, 0) is 283 Å². The average molecular weight is 1930 g/mol. The van der Waals surface area contributed by atoms with Gasteiger partial charge in [-0.25, -0.2) is 0 Å². The van der Waals surface area contributed by atoms with E-state index in [4.69, 9.17) is 0 Å². The van der Waals surface area contributed by atoms with Crippen molar-refractivity contribution in [3.05, 3.63) is 556 Å². The Labute approximate surface area is 871 Å². The van der Waals surface area contributed by atoms with Crippen LogP contribution in [0.5, 0.6) is 0 Å². The molecule has 0 radical (unpaired) electrons. The van der Waals surface area contributed by atoms with Crippen LogP contribution in [0.2, 0.25) is 0 Å². The van der Waals surface area contributed by atoms with Gasteiger partial charge in [0.2, 0.25) is 0 Å². The van der Waals surface area contributed by atoms with Gasteiger partial charge in [-0.2, -0.15) is 0 Å². The third kappa shape index (κ3) is 13.4. The molecule has 0 N–H and O–H groups in total. The van der Waals surface area contributed by atoms with Crippen LogP contribution < -0.4 is 0 Å². The van der Waals surface area contributed by atoms with Crippen LogP contribution in [0.15, 0.2) is 528 Å². The lowest BCUT2D eigenvalue weighted by Crippen LogP contribution is -2.22. The van der Waals surface area contributed by atoms with Crippen molar-refractivity contribution >= 4 is 162 Å². The molecule has 6 nitrogen and oxygen atoms in total. The highest BCUT2D eigenvalue weighted by Gasteiger charge is 2.42. The van der Waals surface area contributed by atoms with E-state index in [0.717, 1.165) is 5.69 Å². The number of rotatable bonds is 11. The quantitative estimate of drug-likeness (QED) is 0.124. The summed E-state index contributed by atoms with van der Waals surface area (Å²) in [6, 6.07) is 194. The van der Waals surface area contributed by atoms with Gasteiger partial charge >= 0.3 is 0 Å². The normalized spacial score (nSPS) is 13.5. The van der Waals surface area contributed by atoms with Crippen molar-refractivity contribution in [3.63, 3.8) is 0 Å². The van der Waals surface area contributed by atoms with Crippen molar-refractivity contribution in [1.29, 1.82) is 0 Å². The predicted octanol–water partition coefficient (Wildman–Crippen LogP) is 38.3. The Morgan fingerprint density at radius 3 is 0.927 bits per heavy atom. The standard InChI is InChI=1S/C56H38N2.C51H36N2.C36H22N2S/c1-56(41-17-7-3-8-18-41)50-23-13-11-21-44(50)46-35-49-48-34-40(39-27-31-53-47(33-39)45-22-12-14-24-52(45)57(53)42-19-9-4-10-20-42)28-32-54(48)58(55(49)36-51(46)56)43-29-25-38(26-30-43)37-15-5-2-6-16-37;1-51(2)45-19-11-9-17-39(45)41-31-44-43-30-36(35-23-27-48-42(29-35)40-18-10-12-20-47(40)52(48)37-15-7-4-8-16-37)24-28-49(43)53(50(44)32-46(41)51)38-25-21-34(22-26-38)33-13-5-3-6-14-33;1-2-10-23(11-3-1)38-33-21-18-24(37-31-15-7-4-12-25(31)26-13-5-8-16-32(26)37)22-30(33)28-19-20-29-27-14-6-9-17-34(27)39-36(29)35(28)38/h2-36H,1H3;3-32H,1-2H3;1-22H. The van der Waals surface area contributed by atoms with Crippen LogP contribution >= 0.6 is 11.3 Å². The first kappa shape index (κ1) is 86.6. The molecular formula is C143H96N6S. The van der Waals surface area contributed by atoms with Crippen LogP contribution in [0.1, 0.15) is 48.6 Å². The Morgan fingerprint density at radius 1 is 0.160 bits per heavy atom. The highest BCUT2D eigenvalue weighted by atomic mass is 32.1. The smallest absolute Gasteiger partial charge is 0.0719 e. The first-order valence-electron chi connectivity index (χ1n) is 52.0. The molecule has 704 valence electrons. The zero-order chi connectivity index (χ0) is 99.1. The summed E-state index contributed by atoms with van der Waals surface area (Å²) in [5.74, 6) is 0. The molecule has 0 fully saturated rings. The summed E-state index contributed by atoms with van der Waals surface area (Å²) in [5, 5.41) is 17.9. The second-order valence-electron chi connectivity index (χ2n) is 41.0. The van der Waals surface area contributed by atoms with Crippen LogP contribution in [-0.2, 0) is 10.8 Å². The lowest BCUT2D eigenvalue weighted by atomic mass is 9.74. The van der Waals surface area contributed by atoms with E-state index in [1.165, 1.54) is 274 Å². The lowest BCUT2D eigenvalue weighted by molar-refractivity contribution is 0.661. The summed E-state index contributed by atoms with van der Waals surface area (Å²) >= 11 is 1.89. The summed E-state index contributed by atoms with van der Waals surface area (Å²) in [7, 11) is 0. The predicted molar refractivity (Wildman–Crippen MR) is 635 cm³/mol. The summed E-state index contributed by atoms with van der Waals surface area (Å²) in [4.78, 5) is 0. The van der Waals surface area contributed by atoms with Crippen LogP contribution in [0.25, 0.3) is 252 Å². The number of thiophene rings is 1. The van der Waals surface area contributed by atoms with Crippen LogP contribution in [0.3, 0.4) is 0 Å². The zero-order valence-electron chi connectivity index (χ0n) is 82.8. The maximum Gasteiger partial charge on any atom is 0.0719 e. The molecule has 0 amide bonds. The minimum atomic E-state index is -0.292. The van der Waals surface area contributed by atoms with Gasteiger partial charge in [-0.3, -0.25) is 0 Å². The highest BCUT2D eigenvalue weighted by molar-refractivity contribution is 7.26. The topological polar surface area (TPSA) is 29.6 Å². The summed E-state index contributed by atoms with van der Waals surface area (Å²) in [6.07, 6.45) is 0. The molecule has 150 heavy (non-hydrogen) atoms. The SMILES string of the molecule is CC1(C)c2ccccc2-c2cc3c4cc(-c5ccc6c(c5)c5ccccc5n6-c5ccccc5)ccc4n(-c4ccc(-c5ccccc5)cc4)c3cc21.CC1(c2ccccc2)c2ccccc2-c2cc3c4cc(-c5ccc6c(c5)c5ccccc5n6-c5ccccc5)ccc4n(-c4ccc(-c5ccccc5)cc4)c3cc21.c1ccc(-n2c3ccc(-n4c5ccccc5c5ccccc54)cc3c3ccc4c5ccccc5sc4c32)cc1. The number of hydrogen-bond donors (Lipinski definition) is 0. The number of benzene rings is 23. The second kappa shape index (κ2) is 34.1. The number of fused-ring (bicyclic) bond motifs is 28. The zero-order valence-corrected chi connectivity index (χ0v) is 83.6. The Balaban J connectivity index is 0.000000105. The highest BCUT2D eigenvalue weighted by Crippen LogP contribution is 2.57. The molecule has 0 bridgehead atoms. The molecule has 1 unspecified atom stereocenters. The van der Waals surface area contributed by atoms with Gasteiger partial charge in [-0.15, -0.1) is 11.3 Å². The van der Waals surface area contributed by atoms with Crippen LogP contribution in [0.4, 0.5) is 0 Å². The van der Waals surface area contributed by atoms with E-state index in [9.17, 15) is 0 Å². The molecule has 23 aromatic carbocycles. The minimum absolute atomic E-state index is 0.0852. The van der Waals surface area contributed by atoms with Crippen molar-refractivity contribution in [3.8, 4) is 101 Å². The average Bonchev–Trinajstić information content (AvgIpc) is 1.55. The van der Waals surface area contributed by atoms with Crippen molar-refractivity contribution in [2.24, 2.45) is 0 Å². The Morgan fingerprint density at radius 2 is 0.453 bits per heavy atom. The lowest BCUT2D eigenvalue weighted by Gasteiger charge is -2.28. The van der Waals surface area contributed by atoms with E-state index in [0.29, 0.717) is 0 Å². The van der Waals surface area contributed by atoms with Crippen LogP contribution in [-0.4, -0.2) is 27.4 Å². The monoisotopic (exact) mass is 1930 g/mol. The molecular weight excluding hydrogens is 1830 g/mol. The third-order valence-corrected chi connectivity index (χ3v) is 33.8. The van der Waals surface area contributed by atoms with E-state index in [1.807, 2.05) is 11.3 Å². The minimum Gasteiger partial charge on any atom is -0.309 e. The number of para-hydroxylation sites is 7. The molecule has 0 spiro atoms. The molecule has 1 atom stereocenters. The second-order valence-corrected chi connectivity index (χ2v) is 42.1.